The minimum Gasteiger partial charge on any atom is -0.442 e. The average Bonchev–Trinajstić information content (AvgIpc) is 2.15. The summed E-state index contributed by atoms with van der Waals surface area (Å²) in [6, 6.07) is 0. The maximum absolute atomic E-state index is 11.6. The van der Waals surface area contributed by atoms with Crippen LogP contribution < -0.4 is 0 Å². The molecule has 0 saturated heterocycles. The minimum atomic E-state index is -0.549. The molecule has 0 aromatic rings. The highest BCUT2D eigenvalue weighted by Crippen LogP contribution is 2.09. The first-order chi connectivity index (χ1) is 7.40. The van der Waals surface area contributed by atoms with E-state index in [2.05, 4.69) is 18.4 Å². The number of ether oxygens (including phenoxy) is 1. The first-order valence-electron chi connectivity index (χ1n) is 5.04. The van der Waals surface area contributed by atoms with Gasteiger partial charge >= 0.3 is 6.09 Å². The van der Waals surface area contributed by atoms with Crippen molar-refractivity contribution in [1.29, 1.82) is 0 Å². The summed E-state index contributed by atoms with van der Waals surface area (Å²) in [5, 5.41) is 1.09. The van der Waals surface area contributed by atoms with E-state index in [0.29, 0.717) is 0 Å². The van der Waals surface area contributed by atoms with Gasteiger partial charge in [0.05, 0.1) is 6.61 Å². The Morgan fingerprint density at radius 3 is 2.56 bits per heavy atom. The summed E-state index contributed by atoms with van der Waals surface area (Å²) >= 11 is 0. The van der Waals surface area contributed by atoms with E-state index < -0.39 is 11.7 Å². The molecule has 0 heterocycles. The van der Waals surface area contributed by atoms with Crippen LogP contribution in [0.15, 0.2) is 12.7 Å². The van der Waals surface area contributed by atoms with Crippen LogP contribution in [0.4, 0.5) is 4.79 Å². The van der Waals surface area contributed by atoms with E-state index in [0.717, 1.165) is 5.06 Å². The topological polar surface area (TPSA) is 38.8 Å². The zero-order chi connectivity index (χ0) is 12.6. The van der Waals surface area contributed by atoms with Crippen molar-refractivity contribution in [1.82, 2.24) is 5.06 Å². The van der Waals surface area contributed by atoms with Gasteiger partial charge in [-0.2, -0.15) is 5.06 Å². The van der Waals surface area contributed by atoms with E-state index in [9.17, 15) is 4.79 Å². The lowest BCUT2D eigenvalue weighted by molar-refractivity contribution is -0.129. The predicted molar refractivity (Wildman–Crippen MR) is 62.5 cm³/mol. The highest BCUT2D eigenvalue weighted by molar-refractivity contribution is 5.67. The average molecular weight is 225 g/mol. The summed E-state index contributed by atoms with van der Waals surface area (Å²) in [4.78, 5) is 16.8. The van der Waals surface area contributed by atoms with Crippen molar-refractivity contribution in [2.75, 3.05) is 13.2 Å². The van der Waals surface area contributed by atoms with Crippen LogP contribution in [0.5, 0.6) is 0 Å². The lowest BCUT2D eigenvalue weighted by atomic mass is 10.2. The molecule has 4 heteroatoms. The zero-order valence-electron chi connectivity index (χ0n) is 10.4. The Labute approximate surface area is 97.2 Å². The SMILES string of the molecule is C=CCON(CC#CC)C(=O)OC(C)(C)C. The summed E-state index contributed by atoms with van der Waals surface area (Å²) in [7, 11) is 0. The number of nitrogens with zero attached hydrogens (tertiary/aromatic N) is 1. The van der Waals surface area contributed by atoms with Crippen LogP contribution in [0.2, 0.25) is 0 Å². The maximum Gasteiger partial charge on any atom is 0.435 e. The molecule has 0 unspecified atom stereocenters. The van der Waals surface area contributed by atoms with Gasteiger partial charge in [-0.05, 0) is 27.7 Å². The van der Waals surface area contributed by atoms with Gasteiger partial charge < -0.3 is 4.74 Å². The van der Waals surface area contributed by atoms with Crippen LogP contribution in [-0.4, -0.2) is 29.9 Å². The zero-order valence-corrected chi connectivity index (χ0v) is 10.4. The Hall–Kier alpha value is -1.47. The van der Waals surface area contributed by atoms with Gasteiger partial charge in [0.25, 0.3) is 0 Å². The predicted octanol–water partition coefficient (Wildman–Crippen LogP) is 2.36. The monoisotopic (exact) mass is 225 g/mol. The number of hydroxylamine groups is 2. The van der Waals surface area contributed by atoms with Crippen LogP contribution in [0.1, 0.15) is 27.7 Å². The van der Waals surface area contributed by atoms with Gasteiger partial charge in [-0.15, -0.1) is 12.5 Å². The van der Waals surface area contributed by atoms with E-state index in [1.807, 2.05) is 0 Å². The third kappa shape index (κ3) is 6.91. The van der Waals surface area contributed by atoms with Gasteiger partial charge in [0.15, 0.2) is 0 Å². The lowest BCUT2D eigenvalue weighted by Gasteiger charge is -2.25. The molecule has 4 nitrogen and oxygen atoms in total. The molecule has 0 rings (SSSR count). The fourth-order valence-electron chi connectivity index (χ4n) is 0.769. The van der Waals surface area contributed by atoms with Crippen LogP contribution in [0.3, 0.4) is 0 Å². The van der Waals surface area contributed by atoms with Crippen molar-refractivity contribution in [3.05, 3.63) is 12.7 Å². The fraction of sp³-hybridized carbons (Fsp3) is 0.583. The van der Waals surface area contributed by atoms with Crippen molar-refractivity contribution < 1.29 is 14.4 Å². The highest BCUT2D eigenvalue weighted by atomic mass is 16.7. The number of hydrogen-bond donors (Lipinski definition) is 0. The largest absolute Gasteiger partial charge is 0.442 e. The van der Waals surface area contributed by atoms with Crippen LogP contribution >= 0.6 is 0 Å². The van der Waals surface area contributed by atoms with Crippen molar-refractivity contribution in [2.45, 2.75) is 33.3 Å². The van der Waals surface area contributed by atoms with Crippen molar-refractivity contribution in [3.63, 3.8) is 0 Å². The molecular weight excluding hydrogens is 206 g/mol. The molecule has 0 bridgehead atoms. The molecule has 0 saturated carbocycles. The second-order valence-corrected chi connectivity index (χ2v) is 4.03. The minimum absolute atomic E-state index is 0.180. The highest BCUT2D eigenvalue weighted by Gasteiger charge is 2.22. The van der Waals surface area contributed by atoms with Crippen LogP contribution in [-0.2, 0) is 9.57 Å². The van der Waals surface area contributed by atoms with Gasteiger partial charge in [0.1, 0.15) is 12.1 Å². The van der Waals surface area contributed by atoms with Gasteiger partial charge in [0.2, 0.25) is 0 Å². The first kappa shape index (κ1) is 14.5. The molecule has 0 spiro atoms. The van der Waals surface area contributed by atoms with Gasteiger partial charge in [-0.3, -0.25) is 4.84 Å². The molecule has 0 aliphatic heterocycles. The normalized spacial score (nSPS) is 10.0. The van der Waals surface area contributed by atoms with E-state index in [4.69, 9.17) is 9.57 Å². The number of rotatable bonds is 4. The van der Waals surface area contributed by atoms with E-state index in [1.165, 1.54) is 0 Å². The molecule has 16 heavy (non-hydrogen) atoms. The van der Waals surface area contributed by atoms with Gasteiger partial charge in [-0.1, -0.05) is 12.0 Å². The molecule has 0 aromatic heterocycles. The number of amides is 1. The standard InChI is InChI=1S/C12H19NO3/c1-6-8-9-13(15-10-7-2)11(14)16-12(3,4)5/h7H,2,9-10H2,1,3-5H3. The van der Waals surface area contributed by atoms with Crippen molar-refractivity contribution in [2.24, 2.45) is 0 Å². The number of hydrogen-bond acceptors (Lipinski definition) is 3. The molecule has 0 N–H and O–H groups in total. The van der Waals surface area contributed by atoms with E-state index >= 15 is 0 Å². The van der Waals surface area contributed by atoms with E-state index in [1.54, 1.807) is 33.8 Å². The van der Waals surface area contributed by atoms with Crippen LogP contribution in [0.25, 0.3) is 0 Å². The van der Waals surface area contributed by atoms with Crippen molar-refractivity contribution >= 4 is 6.09 Å². The van der Waals surface area contributed by atoms with Gasteiger partial charge in [0, 0.05) is 0 Å². The maximum atomic E-state index is 11.6. The Balaban J connectivity index is 4.40. The van der Waals surface area contributed by atoms with E-state index in [-0.39, 0.29) is 13.2 Å². The second kappa shape index (κ2) is 6.91. The quantitative estimate of drug-likeness (QED) is 0.419. The molecule has 1 amide bonds. The van der Waals surface area contributed by atoms with Crippen LogP contribution in [0, 0.1) is 11.8 Å². The lowest BCUT2D eigenvalue weighted by Crippen LogP contribution is -2.37. The molecular formula is C12H19NO3. The van der Waals surface area contributed by atoms with Crippen molar-refractivity contribution in [3.8, 4) is 11.8 Å². The fourth-order valence-corrected chi connectivity index (χ4v) is 0.769. The Bertz CT molecular complexity index is 294. The molecule has 90 valence electrons. The number of carbonyl (C=O) groups is 1. The second-order valence-electron chi connectivity index (χ2n) is 4.03. The summed E-state index contributed by atoms with van der Waals surface area (Å²) in [5.41, 5.74) is -0.549. The first-order valence-corrected chi connectivity index (χ1v) is 5.04. The summed E-state index contributed by atoms with van der Waals surface area (Å²) in [6.45, 7) is 11.0. The smallest absolute Gasteiger partial charge is 0.435 e. The Kier molecular flexibility index (Phi) is 6.28. The molecule has 0 radical (unpaired) electrons. The Morgan fingerprint density at radius 1 is 1.50 bits per heavy atom. The van der Waals surface area contributed by atoms with Gasteiger partial charge in [-0.25, -0.2) is 4.79 Å². The Morgan fingerprint density at radius 2 is 2.12 bits per heavy atom. The third-order valence-corrected chi connectivity index (χ3v) is 1.34. The number of carbonyl (C=O) groups excluding carboxylic acids is 1. The molecule has 0 fully saturated rings. The molecule has 0 aromatic carbocycles. The molecule has 0 aliphatic carbocycles. The third-order valence-electron chi connectivity index (χ3n) is 1.34. The molecule has 0 aliphatic rings. The summed E-state index contributed by atoms with van der Waals surface area (Å²) < 4.78 is 5.15. The summed E-state index contributed by atoms with van der Waals surface area (Å²) in [5.74, 6) is 5.43. The molecule has 0 atom stereocenters. The summed E-state index contributed by atoms with van der Waals surface area (Å²) in [6.07, 6.45) is 1.01.